The molecule has 0 saturated carbocycles. The van der Waals surface area contributed by atoms with Gasteiger partial charge in [0.15, 0.2) is 0 Å². The van der Waals surface area contributed by atoms with E-state index < -0.39 is 0 Å². The van der Waals surface area contributed by atoms with Crippen LogP contribution in [0.15, 0.2) is 12.2 Å². The summed E-state index contributed by atoms with van der Waals surface area (Å²) in [5.41, 5.74) is 0. The zero-order chi connectivity index (χ0) is 60.1. The maximum atomic E-state index is 12.1. The van der Waals surface area contributed by atoms with Gasteiger partial charge in [-0.15, -0.1) is 0 Å². The van der Waals surface area contributed by atoms with Crippen molar-refractivity contribution in [1.29, 1.82) is 0 Å². The highest BCUT2D eigenvalue weighted by Gasteiger charge is 2.04. The van der Waals surface area contributed by atoms with Gasteiger partial charge in [0.2, 0.25) is 0 Å². The quantitative estimate of drug-likeness (QED) is 0.0345. The van der Waals surface area contributed by atoms with Gasteiger partial charge < -0.3 is 4.74 Å². The molecule has 0 radical (unpaired) electrons. The topological polar surface area (TPSA) is 26.3 Å². The lowest BCUT2D eigenvalue weighted by atomic mass is 10.0. The fraction of sp³-hybridized carbons (Fsp3) is 0.963. The van der Waals surface area contributed by atoms with Gasteiger partial charge in [-0.05, 0) is 38.5 Å². The van der Waals surface area contributed by atoms with Crippen LogP contribution in [0.5, 0.6) is 0 Å². The SMILES string of the molecule is CCCCCCCCC=CCCCCCCCC(=O)OCCCCCCCCCCCCCCCCCCCCCCCCCCCCCCCCCCCCCCCCCCCCCCCCCCCCCCCCCCCCCCCC. The molecule has 0 saturated heterocycles. The van der Waals surface area contributed by atoms with Gasteiger partial charge in [0, 0.05) is 6.42 Å². The molecular formula is C82H162O2. The van der Waals surface area contributed by atoms with Crippen LogP contribution in [0.3, 0.4) is 0 Å². The lowest BCUT2D eigenvalue weighted by molar-refractivity contribution is -0.143. The molecule has 502 valence electrons. The highest BCUT2D eigenvalue weighted by atomic mass is 16.5. The molecule has 0 rings (SSSR count). The number of unbranched alkanes of at least 4 members (excludes halogenated alkanes) is 72. The molecule has 0 amide bonds. The summed E-state index contributed by atoms with van der Waals surface area (Å²) < 4.78 is 5.51. The van der Waals surface area contributed by atoms with Crippen molar-refractivity contribution in [2.75, 3.05) is 6.61 Å². The second-order valence-corrected chi connectivity index (χ2v) is 28.1. The summed E-state index contributed by atoms with van der Waals surface area (Å²) >= 11 is 0. The Morgan fingerprint density at radius 3 is 0.512 bits per heavy atom. The first-order valence-electron chi connectivity index (χ1n) is 40.6. The summed E-state index contributed by atoms with van der Waals surface area (Å²) in [5, 5.41) is 0. The van der Waals surface area contributed by atoms with Crippen molar-refractivity contribution in [3.05, 3.63) is 12.2 Å². The molecule has 0 aromatic heterocycles. The molecule has 0 aliphatic carbocycles. The smallest absolute Gasteiger partial charge is 0.305 e. The second kappa shape index (κ2) is 80.2. The Morgan fingerprint density at radius 2 is 0.333 bits per heavy atom. The minimum Gasteiger partial charge on any atom is -0.466 e. The van der Waals surface area contributed by atoms with Crippen molar-refractivity contribution in [1.82, 2.24) is 0 Å². The molecule has 0 aliphatic rings. The molecule has 0 spiro atoms. The van der Waals surface area contributed by atoms with Crippen molar-refractivity contribution < 1.29 is 9.53 Å². The van der Waals surface area contributed by atoms with E-state index >= 15 is 0 Å². The largest absolute Gasteiger partial charge is 0.466 e. The summed E-state index contributed by atoms with van der Waals surface area (Å²) in [6.45, 7) is 5.23. The predicted octanol–water partition coefficient (Wildman–Crippen LogP) is 30.8. The molecule has 0 bridgehead atoms. The van der Waals surface area contributed by atoms with Crippen LogP contribution in [-0.2, 0) is 9.53 Å². The van der Waals surface area contributed by atoms with Gasteiger partial charge in [-0.25, -0.2) is 0 Å². The molecule has 0 aliphatic heterocycles. The fourth-order valence-corrected chi connectivity index (χ4v) is 13.4. The molecule has 2 heteroatoms. The van der Waals surface area contributed by atoms with E-state index in [0.717, 1.165) is 19.3 Å². The molecule has 0 unspecified atom stereocenters. The maximum absolute atomic E-state index is 12.1. The third kappa shape index (κ3) is 79.2. The second-order valence-electron chi connectivity index (χ2n) is 28.1. The number of ether oxygens (including phenoxy) is 1. The van der Waals surface area contributed by atoms with Crippen LogP contribution in [0.25, 0.3) is 0 Å². The normalized spacial score (nSPS) is 11.8. The van der Waals surface area contributed by atoms with E-state index in [1.165, 1.54) is 462 Å². The number of esters is 1. The monoisotopic (exact) mass is 1180 g/mol. The van der Waals surface area contributed by atoms with Crippen LogP contribution in [0, 0.1) is 0 Å². The zero-order valence-electron chi connectivity index (χ0n) is 58.9. The average molecular weight is 1180 g/mol. The first kappa shape index (κ1) is 83.2. The highest BCUT2D eigenvalue weighted by Crippen LogP contribution is 2.21. The lowest BCUT2D eigenvalue weighted by Gasteiger charge is -2.06. The molecule has 0 aromatic rings. The highest BCUT2D eigenvalue weighted by molar-refractivity contribution is 5.69. The van der Waals surface area contributed by atoms with E-state index in [0.29, 0.717) is 13.0 Å². The summed E-state index contributed by atoms with van der Waals surface area (Å²) in [5.74, 6) is 0.0240. The van der Waals surface area contributed by atoms with Crippen LogP contribution in [0.4, 0.5) is 0 Å². The van der Waals surface area contributed by atoms with Gasteiger partial charge in [0.05, 0.1) is 6.61 Å². The zero-order valence-corrected chi connectivity index (χ0v) is 58.9. The summed E-state index contributed by atoms with van der Waals surface area (Å²) in [7, 11) is 0. The summed E-state index contributed by atoms with van der Waals surface area (Å²) in [6.07, 6.45) is 113. The Labute approximate surface area is 533 Å². The molecule has 0 aromatic carbocycles. The number of allylic oxidation sites excluding steroid dienone is 2. The van der Waals surface area contributed by atoms with Gasteiger partial charge in [0.25, 0.3) is 0 Å². The Balaban J connectivity index is 3.12. The van der Waals surface area contributed by atoms with E-state index in [1.54, 1.807) is 0 Å². The Kier molecular flexibility index (Phi) is 79.5. The van der Waals surface area contributed by atoms with Crippen LogP contribution in [0.1, 0.15) is 502 Å². The Bertz CT molecular complexity index is 1160. The number of hydrogen-bond donors (Lipinski definition) is 0. The molecule has 0 heterocycles. The van der Waals surface area contributed by atoms with Gasteiger partial charge in [-0.2, -0.15) is 0 Å². The third-order valence-corrected chi connectivity index (χ3v) is 19.4. The molecular weight excluding hydrogens is 1020 g/mol. The number of rotatable bonds is 78. The first-order chi connectivity index (χ1) is 41.8. The molecule has 2 nitrogen and oxygen atoms in total. The van der Waals surface area contributed by atoms with Crippen molar-refractivity contribution in [2.24, 2.45) is 0 Å². The minimum absolute atomic E-state index is 0.0240. The van der Waals surface area contributed by atoms with Crippen LogP contribution >= 0.6 is 0 Å². The van der Waals surface area contributed by atoms with Gasteiger partial charge >= 0.3 is 5.97 Å². The van der Waals surface area contributed by atoms with Gasteiger partial charge in [-0.3, -0.25) is 4.79 Å². The Morgan fingerprint density at radius 1 is 0.190 bits per heavy atom. The first-order valence-corrected chi connectivity index (χ1v) is 40.6. The number of hydrogen-bond acceptors (Lipinski definition) is 2. The predicted molar refractivity (Wildman–Crippen MR) is 382 cm³/mol. The standard InChI is InChI=1S/C82H162O2/c1-3-5-7-9-11-13-15-17-19-20-21-22-23-24-25-26-27-28-29-30-31-32-33-34-35-36-37-38-39-40-41-42-43-44-45-46-47-48-49-50-51-52-53-54-55-56-57-58-59-60-61-62-63-64-65-67-69-71-73-75-77-79-81-84-82(83)80-78-76-74-72-70-68-66-18-16-14-12-10-8-6-4-2/h18,66H,3-17,19-65,67-81H2,1-2H3. The van der Waals surface area contributed by atoms with E-state index in [9.17, 15) is 4.79 Å². The van der Waals surface area contributed by atoms with E-state index in [2.05, 4.69) is 26.0 Å². The van der Waals surface area contributed by atoms with Crippen molar-refractivity contribution in [3.63, 3.8) is 0 Å². The Hall–Kier alpha value is -0.790. The third-order valence-electron chi connectivity index (χ3n) is 19.4. The number of carbonyl (C=O) groups excluding carboxylic acids is 1. The lowest BCUT2D eigenvalue weighted by Crippen LogP contribution is -2.05. The van der Waals surface area contributed by atoms with Crippen LogP contribution in [0.2, 0.25) is 0 Å². The molecule has 84 heavy (non-hydrogen) atoms. The maximum Gasteiger partial charge on any atom is 0.305 e. The molecule has 0 atom stereocenters. The molecule has 0 fully saturated rings. The summed E-state index contributed by atoms with van der Waals surface area (Å²) in [6, 6.07) is 0. The van der Waals surface area contributed by atoms with Crippen LogP contribution < -0.4 is 0 Å². The van der Waals surface area contributed by atoms with Gasteiger partial charge in [-0.1, -0.05) is 469 Å². The van der Waals surface area contributed by atoms with Crippen molar-refractivity contribution in [3.8, 4) is 0 Å². The van der Waals surface area contributed by atoms with E-state index in [1.807, 2.05) is 0 Å². The van der Waals surface area contributed by atoms with Gasteiger partial charge in [0.1, 0.15) is 0 Å². The van der Waals surface area contributed by atoms with E-state index in [-0.39, 0.29) is 5.97 Å². The van der Waals surface area contributed by atoms with Crippen molar-refractivity contribution in [2.45, 2.75) is 502 Å². The van der Waals surface area contributed by atoms with Crippen molar-refractivity contribution >= 4 is 5.97 Å². The number of carbonyl (C=O) groups is 1. The molecule has 0 N–H and O–H groups in total. The minimum atomic E-state index is 0.0240. The fourth-order valence-electron chi connectivity index (χ4n) is 13.4. The summed E-state index contributed by atoms with van der Waals surface area (Å²) in [4.78, 5) is 12.1. The average Bonchev–Trinajstić information content (AvgIpc) is 3.50. The van der Waals surface area contributed by atoms with E-state index in [4.69, 9.17) is 4.74 Å². The van der Waals surface area contributed by atoms with Crippen LogP contribution in [-0.4, -0.2) is 12.6 Å².